The lowest BCUT2D eigenvalue weighted by Gasteiger charge is -2.34. The van der Waals surface area contributed by atoms with Crippen molar-refractivity contribution in [2.45, 2.75) is 98.3 Å². The molecule has 1 heterocycles. The third kappa shape index (κ3) is 24.1. The molecule has 0 saturated heterocycles. The molecule has 58 heavy (non-hydrogen) atoms. The molecule has 328 valence electrons. The zero-order valence-electron chi connectivity index (χ0n) is 34.9. The minimum absolute atomic E-state index is 0.0330. The fraction of sp³-hybridized carbons (Fsp3) is 0.692. The third-order valence-corrected chi connectivity index (χ3v) is 13.4. The summed E-state index contributed by atoms with van der Waals surface area (Å²) >= 11 is 2.98. The number of nitrogens with zero attached hydrogens (tertiary/aromatic N) is 3. The van der Waals surface area contributed by atoms with Crippen molar-refractivity contribution in [3.63, 3.8) is 0 Å². The Labute approximate surface area is 353 Å². The van der Waals surface area contributed by atoms with Crippen LogP contribution in [0.3, 0.4) is 0 Å². The lowest BCUT2D eigenvalue weighted by molar-refractivity contribution is -0.133. The van der Waals surface area contributed by atoms with Crippen molar-refractivity contribution in [2.24, 2.45) is 0 Å². The topological polar surface area (TPSA) is 211 Å². The van der Waals surface area contributed by atoms with Crippen LogP contribution in [0, 0.1) is 0 Å². The van der Waals surface area contributed by atoms with Crippen LogP contribution in [0.4, 0.5) is 0 Å². The minimum Gasteiger partial charge on any atom is -0.351 e. The molecule has 0 fully saturated rings. The summed E-state index contributed by atoms with van der Waals surface area (Å²) in [4.78, 5) is 104. The number of rotatable bonds is 23. The molecule has 0 aromatic rings. The van der Waals surface area contributed by atoms with Gasteiger partial charge in [0, 0.05) is 142 Å². The Morgan fingerprint density at radius 2 is 0.897 bits per heavy atom. The van der Waals surface area contributed by atoms with Crippen LogP contribution in [-0.2, 0) is 42.9 Å². The zero-order valence-corrected chi connectivity index (χ0v) is 37.4. The normalized spacial score (nSPS) is 17.0. The molecule has 16 nitrogen and oxygen atoms in total. The number of thioether (sulfide) groups is 2. The first-order valence-corrected chi connectivity index (χ1v) is 24.1. The first kappa shape index (κ1) is 52.9. The molecule has 1 rings (SSSR count). The van der Waals surface area contributed by atoms with Crippen LogP contribution in [-0.4, -0.2) is 138 Å². The van der Waals surface area contributed by atoms with Crippen molar-refractivity contribution in [1.82, 2.24) is 35.3 Å². The highest BCUT2D eigenvalue weighted by Crippen LogP contribution is 2.41. The highest BCUT2D eigenvalue weighted by molar-refractivity contribution is 8.03. The highest BCUT2D eigenvalue weighted by atomic mass is 32.2. The van der Waals surface area contributed by atoms with Crippen LogP contribution in [0.5, 0.6) is 0 Å². The molecule has 0 aliphatic carbocycles. The maximum atomic E-state index is 15.0. The molecule has 0 aromatic carbocycles. The predicted molar refractivity (Wildman–Crippen MR) is 231 cm³/mol. The van der Waals surface area contributed by atoms with Gasteiger partial charge in [0.15, 0.2) is 0 Å². The average Bonchev–Trinajstić information content (AvgIpc) is 3.22. The van der Waals surface area contributed by atoms with Gasteiger partial charge >= 0.3 is 0 Å². The van der Waals surface area contributed by atoms with Gasteiger partial charge in [-0.3, -0.25) is 42.9 Å². The van der Waals surface area contributed by atoms with Crippen LogP contribution in [0.25, 0.3) is 0 Å². The number of carbonyl (C=O) groups excluding carboxylic acids is 8. The minimum atomic E-state index is -3.88. The van der Waals surface area contributed by atoms with E-state index in [2.05, 4.69) is 20.8 Å². The van der Waals surface area contributed by atoms with Crippen LogP contribution in [0.2, 0.25) is 0 Å². The van der Waals surface area contributed by atoms with Gasteiger partial charge in [-0.2, -0.15) is 0 Å². The number of amides is 4. The second-order valence-corrected chi connectivity index (χ2v) is 17.8. The van der Waals surface area contributed by atoms with E-state index in [0.29, 0.717) is 25.7 Å². The number of hydrogen-bond acceptors (Lipinski definition) is 11. The molecule has 1 aliphatic rings. The van der Waals surface area contributed by atoms with E-state index in [1.54, 1.807) is 38.5 Å². The van der Waals surface area contributed by atoms with Gasteiger partial charge in [-0.15, -0.1) is 23.5 Å². The molecular weight excluding hydrogens is 806 g/mol. The first-order chi connectivity index (χ1) is 27.8. The number of ketones is 4. The number of nitrogens with one attached hydrogen (secondary N) is 4. The van der Waals surface area contributed by atoms with Crippen molar-refractivity contribution >= 4 is 77.9 Å². The zero-order chi connectivity index (χ0) is 43.2. The Bertz CT molecular complexity index is 1320. The van der Waals surface area contributed by atoms with Crippen molar-refractivity contribution in [1.29, 1.82) is 0 Å². The molecule has 0 spiro atoms. The van der Waals surface area contributed by atoms with Gasteiger partial charge < -0.3 is 20.4 Å². The second-order valence-electron chi connectivity index (χ2n) is 13.5. The molecule has 1 aliphatic heterocycles. The van der Waals surface area contributed by atoms with Gasteiger partial charge in [0.05, 0.1) is 0 Å². The molecule has 0 atom stereocenters. The van der Waals surface area contributed by atoms with E-state index in [9.17, 15) is 42.9 Å². The summed E-state index contributed by atoms with van der Waals surface area (Å²) in [6.07, 6.45) is 5.11. The van der Waals surface area contributed by atoms with Gasteiger partial charge in [0.1, 0.15) is 23.1 Å². The van der Waals surface area contributed by atoms with Gasteiger partial charge in [0.2, 0.25) is 23.6 Å². The quantitative estimate of drug-likeness (QED) is 0.108. The standard InChI is InChI=1S/C39H66N7O9PS2/c1-5-32(47)10-22-44(23-11-33(48)6-2)38(53)14-26-46(27-15-39(54)45(24-12-34(49)7-3)25-13-35(50)8-4)56(55)42-20-18-40-36(51)16-30-57-28-9-29-58-31-17-37(52)41-19-21-43-56/h16-17,30-31H,5-15,18-29H2,1-4H3,(H,40,51)(H,41,52)(H2,42,43,55)/b30-16+,31-17+. The van der Waals surface area contributed by atoms with E-state index < -0.39 is 7.59 Å². The van der Waals surface area contributed by atoms with Crippen molar-refractivity contribution in [3.8, 4) is 0 Å². The molecule has 0 bridgehead atoms. The van der Waals surface area contributed by atoms with E-state index in [1.807, 2.05) is 0 Å². The molecule has 0 unspecified atom stereocenters. The molecule has 0 saturated carbocycles. The van der Waals surface area contributed by atoms with E-state index in [0.717, 1.165) is 17.9 Å². The second kappa shape index (κ2) is 31.7. The third-order valence-electron chi connectivity index (χ3n) is 9.15. The molecule has 4 N–H and O–H groups in total. The Balaban J connectivity index is 3.46. The van der Waals surface area contributed by atoms with Gasteiger partial charge in [-0.05, 0) is 28.7 Å². The molecule has 0 radical (unpaired) electrons. The van der Waals surface area contributed by atoms with Gasteiger partial charge in [0.25, 0.3) is 7.59 Å². The molecule has 19 heteroatoms. The lowest BCUT2D eigenvalue weighted by Crippen LogP contribution is -2.44. The van der Waals surface area contributed by atoms with Gasteiger partial charge in [-0.25, -0.2) is 14.8 Å². The lowest BCUT2D eigenvalue weighted by atomic mass is 10.1. The number of Topliss-reactive ketones (excluding diaryl/α,β-unsaturated/α-hetero) is 4. The molecule has 4 amide bonds. The van der Waals surface area contributed by atoms with Gasteiger partial charge in [-0.1, -0.05) is 27.7 Å². The largest absolute Gasteiger partial charge is 0.351 e. The van der Waals surface area contributed by atoms with Crippen LogP contribution in [0.15, 0.2) is 23.0 Å². The maximum Gasteiger partial charge on any atom is 0.281 e. The summed E-state index contributed by atoms with van der Waals surface area (Å²) in [5, 5.41) is 15.0. The van der Waals surface area contributed by atoms with E-state index in [4.69, 9.17) is 0 Å². The number of hydrogen-bond donors (Lipinski definition) is 4. The highest BCUT2D eigenvalue weighted by Gasteiger charge is 2.32. The Kier molecular flexibility index (Phi) is 28.9. The Hall–Kier alpha value is -3.15. The fourth-order valence-electron chi connectivity index (χ4n) is 5.37. The molecular formula is C39H66N7O9PS2. The van der Waals surface area contributed by atoms with E-state index in [1.165, 1.54) is 50.1 Å². The summed E-state index contributed by atoms with van der Waals surface area (Å²) in [6.45, 7) is 7.48. The van der Waals surface area contributed by atoms with Crippen molar-refractivity contribution in [3.05, 3.63) is 23.0 Å². The van der Waals surface area contributed by atoms with E-state index in [-0.39, 0.29) is 151 Å². The fourth-order valence-corrected chi connectivity index (χ4v) is 8.99. The first-order valence-electron chi connectivity index (χ1n) is 20.4. The summed E-state index contributed by atoms with van der Waals surface area (Å²) < 4.78 is 16.5. The predicted octanol–water partition coefficient (Wildman–Crippen LogP) is 3.62. The van der Waals surface area contributed by atoms with Crippen LogP contribution in [0.1, 0.15) is 98.3 Å². The Morgan fingerprint density at radius 1 is 0.552 bits per heavy atom. The van der Waals surface area contributed by atoms with Crippen LogP contribution >= 0.6 is 31.1 Å². The number of carbonyl (C=O) groups is 8. The summed E-state index contributed by atoms with van der Waals surface area (Å²) in [5.74, 6) is 0.0752. The molecule has 0 aromatic heterocycles. The maximum absolute atomic E-state index is 15.0. The summed E-state index contributed by atoms with van der Waals surface area (Å²) in [7, 11) is -3.88. The van der Waals surface area contributed by atoms with E-state index >= 15 is 0 Å². The van der Waals surface area contributed by atoms with Crippen molar-refractivity contribution < 1.29 is 42.9 Å². The monoisotopic (exact) mass is 871 g/mol. The summed E-state index contributed by atoms with van der Waals surface area (Å²) in [6, 6.07) is 0. The average molecular weight is 872 g/mol. The Morgan fingerprint density at radius 3 is 1.22 bits per heavy atom. The SMILES string of the molecule is CCC(=O)CCN(CCC(=O)CC)C(=O)CCN(CCC(=O)N(CCC(=O)CC)CCC(=O)CC)P1(=O)NCCNC(=O)/C=C/SCCCS/C=C/C(=O)NCCN1. The smallest absolute Gasteiger partial charge is 0.281 e. The summed E-state index contributed by atoms with van der Waals surface area (Å²) in [5.41, 5.74) is 0. The van der Waals surface area contributed by atoms with Crippen molar-refractivity contribution in [2.75, 3.05) is 77.0 Å². The van der Waals surface area contributed by atoms with Crippen LogP contribution < -0.4 is 20.8 Å².